The monoisotopic (exact) mass is 257 g/mol. The van der Waals surface area contributed by atoms with Crippen LogP contribution in [0.2, 0.25) is 10.0 Å². The first-order chi connectivity index (χ1) is 6.45. The van der Waals surface area contributed by atoms with Gasteiger partial charge in [0.25, 0.3) is 0 Å². The van der Waals surface area contributed by atoms with Crippen LogP contribution >= 0.6 is 23.2 Å². The smallest absolute Gasteiger partial charge is 0.189 e. The zero-order valence-electron chi connectivity index (χ0n) is 6.53. The lowest BCUT2D eigenvalue weighted by atomic mass is 10.3. The molecule has 3 N–H and O–H groups in total. The van der Waals surface area contributed by atoms with E-state index in [4.69, 9.17) is 33.0 Å². The summed E-state index contributed by atoms with van der Waals surface area (Å²) in [5, 5.41) is 17.6. The summed E-state index contributed by atoms with van der Waals surface area (Å²) in [6, 6.07) is 2.38. The molecule has 0 aliphatic heterocycles. The molecule has 0 amide bonds. The molecule has 0 saturated carbocycles. The molecular weight excluding hydrogens is 253 g/mol. The van der Waals surface area contributed by atoms with Crippen LogP contribution in [0.1, 0.15) is 0 Å². The van der Waals surface area contributed by atoms with Crippen molar-refractivity contribution in [1.82, 2.24) is 0 Å². The summed E-state index contributed by atoms with van der Waals surface area (Å²) >= 11 is 8.75. The Hall–Kier alpha value is -0.210. The lowest BCUT2D eigenvalue weighted by Gasteiger charge is -2.14. The second-order valence-electron chi connectivity index (χ2n) is 2.29. The summed E-state index contributed by atoms with van der Waals surface area (Å²) in [5.41, 5.74) is -0.256. The summed E-state index contributed by atoms with van der Waals surface area (Å²) in [6.07, 6.45) is 0. The van der Waals surface area contributed by atoms with Crippen molar-refractivity contribution in [2.45, 2.75) is 4.90 Å². The normalized spacial score (nSPS) is 15.2. The maximum absolute atomic E-state index is 10.8. The highest BCUT2D eigenvalue weighted by atomic mass is 35.5. The summed E-state index contributed by atoms with van der Waals surface area (Å²) in [4.78, 5) is -0.284. The Kier molecular flexibility index (Phi) is 3.85. The molecule has 1 aromatic rings. The van der Waals surface area contributed by atoms with Gasteiger partial charge in [0.1, 0.15) is 9.92 Å². The van der Waals surface area contributed by atoms with Crippen LogP contribution in [0.15, 0.2) is 17.0 Å². The molecule has 1 rings (SSSR count). The van der Waals surface area contributed by atoms with Crippen molar-refractivity contribution >= 4 is 40.0 Å². The molecule has 0 heterocycles. The van der Waals surface area contributed by atoms with Crippen molar-refractivity contribution in [2.24, 2.45) is 0 Å². The first kappa shape index (κ1) is 11.9. The zero-order chi connectivity index (χ0) is 10.9. The van der Waals surface area contributed by atoms with Gasteiger partial charge in [0, 0.05) is 6.07 Å². The van der Waals surface area contributed by atoms with Crippen LogP contribution in [0, 0.1) is 5.21 Å². The third-order valence-electron chi connectivity index (χ3n) is 1.45. The van der Waals surface area contributed by atoms with Crippen LogP contribution in [-0.4, -0.2) is 14.0 Å². The second kappa shape index (κ2) is 4.54. The Balaban J connectivity index is 3.41. The highest BCUT2D eigenvalue weighted by Gasteiger charge is 2.18. The highest BCUT2D eigenvalue weighted by Crippen LogP contribution is 2.31. The van der Waals surface area contributed by atoms with Gasteiger partial charge in [-0.2, -0.15) is 5.23 Å². The highest BCUT2D eigenvalue weighted by molar-refractivity contribution is 7.79. The molecule has 1 aromatic carbocycles. The van der Waals surface area contributed by atoms with Gasteiger partial charge in [-0.15, -0.1) is 0 Å². The minimum Gasteiger partial charge on any atom is -0.595 e. The summed E-state index contributed by atoms with van der Waals surface area (Å²) in [6.45, 7) is 0. The first-order valence-electron chi connectivity index (χ1n) is 3.27. The van der Waals surface area contributed by atoms with Crippen molar-refractivity contribution < 1.29 is 19.2 Å². The van der Waals surface area contributed by atoms with E-state index >= 15 is 0 Å². The molecule has 0 fully saturated rings. The molecule has 8 heteroatoms. The van der Waals surface area contributed by atoms with Gasteiger partial charge in [0.15, 0.2) is 16.8 Å². The van der Waals surface area contributed by atoms with Crippen LogP contribution in [0.3, 0.4) is 0 Å². The van der Waals surface area contributed by atoms with Crippen molar-refractivity contribution in [3.8, 4) is 0 Å². The number of quaternary nitrogens is 1. The van der Waals surface area contributed by atoms with Gasteiger partial charge in [0.2, 0.25) is 0 Å². The fourth-order valence-electron chi connectivity index (χ4n) is 0.858. The average Bonchev–Trinajstić information content (AvgIpc) is 2.02. The molecule has 2 atom stereocenters. The summed E-state index contributed by atoms with van der Waals surface area (Å²) < 4.78 is 19.6. The Labute approximate surface area is 91.7 Å². The molecule has 0 aliphatic carbocycles. The third kappa shape index (κ3) is 2.23. The van der Waals surface area contributed by atoms with Crippen molar-refractivity contribution in [2.75, 3.05) is 0 Å². The second-order valence-corrected chi connectivity index (χ2v) is 3.98. The third-order valence-corrected chi connectivity index (χ3v) is 3.16. The van der Waals surface area contributed by atoms with Crippen LogP contribution in [-0.2, 0) is 11.1 Å². The zero-order valence-corrected chi connectivity index (χ0v) is 8.86. The lowest BCUT2D eigenvalue weighted by molar-refractivity contribution is -0.991. The molecule has 78 valence electrons. The Morgan fingerprint density at radius 2 is 2.00 bits per heavy atom. The number of benzene rings is 1. The summed E-state index contributed by atoms with van der Waals surface area (Å²) in [5.74, 6) is 0. The topological polar surface area (TPSA) is 85.0 Å². The van der Waals surface area contributed by atoms with E-state index in [0.29, 0.717) is 0 Å². The minimum atomic E-state index is -2.41. The Morgan fingerprint density at radius 3 is 2.43 bits per heavy atom. The van der Waals surface area contributed by atoms with Gasteiger partial charge in [0.05, 0.1) is 5.02 Å². The standard InChI is InChI=1S/C6H5Cl2NO4S/c7-3-1-2-4(9(10)11)5(8)6(3)14(12)13/h1-2,9-10H,(H,12,13). The molecule has 0 spiro atoms. The van der Waals surface area contributed by atoms with Crippen LogP contribution in [0.5, 0.6) is 0 Å². The van der Waals surface area contributed by atoms with Crippen molar-refractivity contribution in [1.29, 1.82) is 0 Å². The fraction of sp³-hybridized carbons (Fsp3) is 0. The van der Waals surface area contributed by atoms with E-state index in [1.807, 2.05) is 0 Å². The maximum atomic E-state index is 10.8. The first-order valence-corrected chi connectivity index (χ1v) is 5.13. The van der Waals surface area contributed by atoms with Gasteiger partial charge in [-0.3, -0.25) is 0 Å². The van der Waals surface area contributed by atoms with E-state index in [-0.39, 0.29) is 20.6 Å². The average molecular weight is 258 g/mol. The van der Waals surface area contributed by atoms with E-state index in [1.165, 1.54) is 12.1 Å². The summed E-state index contributed by atoms with van der Waals surface area (Å²) in [7, 11) is 0. The number of rotatable bonds is 2. The van der Waals surface area contributed by atoms with Gasteiger partial charge in [-0.25, -0.2) is 9.42 Å². The Morgan fingerprint density at radius 1 is 1.43 bits per heavy atom. The SMILES string of the molecule is O=S(O)c1c(Cl)ccc([NH+]([O-])O)c1Cl. The molecule has 0 aromatic heterocycles. The molecule has 0 bridgehead atoms. The minimum absolute atomic E-state index is 0.0409. The number of halogens is 2. The molecule has 2 unspecified atom stereocenters. The largest absolute Gasteiger partial charge is 0.595 e. The number of hydrogen-bond donors (Lipinski definition) is 3. The predicted molar refractivity (Wildman–Crippen MR) is 51.3 cm³/mol. The van der Waals surface area contributed by atoms with Crippen molar-refractivity contribution in [3.63, 3.8) is 0 Å². The fourth-order valence-corrected chi connectivity index (χ4v) is 2.20. The molecule has 0 aliphatic rings. The predicted octanol–water partition coefficient (Wildman–Crippen LogP) is 0.977. The van der Waals surface area contributed by atoms with E-state index < -0.39 is 16.3 Å². The van der Waals surface area contributed by atoms with Crippen LogP contribution in [0.25, 0.3) is 0 Å². The van der Waals surface area contributed by atoms with Gasteiger partial charge in [-0.05, 0) is 6.07 Å². The Bertz CT molecular complexity index is 384. The molecule has 0 saturated heterocycles. The van der Waals surface area contributed by atoms with E-state index in [2.05, 4.69) is 0 Å². The van der Waals surface area contributed by atoms with Gasteiger partial charge < -0.3 is 9.76 Å². The van der Waals surface area contributed by atoms with E-state index in [1.54, 1.807) is 0 Å². The van der Waals surface area contributed by atoms with E-state index in [9.17, 15) is 9.42 Å². The van der Waals surface area contributed by atoms with E-state index in [0.717, 1.165) is 0 Å². The molecular formula is C6H5Cl2NO4S. The van der Waals surface area contributed by atoms with Crippen molar-refractivity contribution in [3.05, 3.63) is 27.4 Å². The number of nitrogens with one attached hydrogen (secondary N) is 1. The van der Waals surface area contributed by atoms with Gasteiger partial charge in [-0.1, -0.05) is 23.2 Å². The maximum Gasteiger partial charge on any atom is 0.189 e. The molecule has 5 nitrogen and oxygen atoms in total. The lowest BCUT2D eigenvalue weighted by Crippen LogP contribution is -2.99. The quantitative estimate of drug-likeness (QED) is 0.545. The van der Waals surface area contributed by atoms with Crippen LogP contribution in [0.4, 0.5) is 5.69 Å². The molecule has 14 heavy (non-hydrogen) atoms. The van der Waals surface area contributed by atoms with Crippen LogP contribution < -0.4 is 5.23 Å². The number of hydrogen-bond acceptors (Lipinski definition) is 3. The van der Waals surface area contributed by atoms with Gasteiger partial charge >= 0.3 is 0 Å². The molecule has 0 radical (unpaired) electrons.